The topological polar surface area (TPSA) is 51.6 Å². The van der Waals surface area contributed by atoms with E-state index < -0.39 is 0 Å². The van der Waals surface area contributed by atoms with Crippen molar-refractivity contribution in [1.82, 2.24) is 9.13 Å². The minimum atomic E-state index is -0.347. The van der Waals surface area contributed by atoms with Crippen LogP contribution >= 0.6 is 0 Å². The van der Waals surface area contributed by atoms with Gasteiger partial charge in [-0.25, -0.2) is 9.64 Å². The van der Waals surface area contributed by atoms with Crippen LogP contribution in [-0.2, 0) is 13.6 Å². The summed E-state index contributed by atoms with van der Waals surface area (Å²) in [4.78, 5) is 30.6. The van der Waals surface area contributed by atoms with Crippen LogP contribution in [-0.4, -0.2) is 22.2 Å². The van der Waals surface area contributed by atoms with Crippen LogP contribution in [0.2, 0.25) is 0 Å². The van der Waals surface area contributed by atoms with Gasteiger partial charge >= 0.3 is 5.69 Å². The first-order chi connectivity index (χ1) is 12.0. The molecule has 0 saturated carbocycles. The highest BCUT2D eigenvalue weighted by Crippen LogP contribution is 2.24. The lowest BCUT2D eigenvalue weighted by atomic mass is 10.0. The molecule has 0 N–H and O–H groups in total. The summed E-state index contributed by atoms with van der Waals surface area (Å²) in [6.07, 6.45) is 2.20. The summed E-state index contributed by atoms with van der Waals surface area (Å²) in [6.45, 7) is 11.5. The molecule has 0 spiro atoms. The van der Waals surface area contributed by atoms with Crippen LogP contribution in [0.4, 0.5) is 11.5 Å². The molecule has 0 amide bonds. The molecule has 2 aromatic rings. The summed E-state index contributed by atoms with van der Waals surface area (Å²) in [5.74, 6) is 1.18. The number of para-hydroxylation sites is 1. The predicted molar refractivity (Wildman–Crippen MR) is 98.4 cm³/mol. The zero-order chi connectivity index (χ0) is 18.0. The Hall–Kier alpha value is -2.81. The molecule has 1 aliphatic heterocycles. The van der Waals surface area contributed by atoms with Crippen molar-refractivity contribution in [2.45, 2.75) is 26.3 Å². The molecular formula is C19H22N4O2. The average molecular weight is 338 g/mol. The summed E-state index contributed by atoms with van der Waals surface area (Å²) in [5, 5.41) is 0. The van der Waals surface area contributed by atoms with Crippen molar-refractivity contribution in [3.05, 3.63) is 68.2 Å². The van der Waals surface area contributed by atoms with Gasteiger partial charge in [-0.1, -0.05) is 31.2 Å². The Morgan fingerprint density at radius 3 is 2.76 bits per heavy atom. The van der Waals surface area contributed by atoms with E-state index in [9.17, 15) is 9.59 Å². The number of anilines is 1. The van der Waals surface area contributed by atoms with Crippen LogP contribution in [0.15, 0.2) is 39.9 Å². The van der Waals surface area contributed by atoms with Gasteiger partial charge in [0.1, 0.15) is 5.82 Å². The highest BCUT2D eigenvalue weighted by atomic mass is 16.2. The van der Waals surface area contributed by atoms with Crippen molar-refractivity contribution in [3.63, 3.8) is 0 Å². The van der Waals surface area contributed by atoms with Gasteiger partial charge in [0.25, 0.3) is 5.56 Å². The molecule has 1 aromatic heterocycles. The molecule has 130 valence electrons. The highest BCUT2D eigenvalue weighted by molar-refractivity contribution is 5.52. The lowest BCUT2D eigenvalue weighted by molar-refractivity contribution is 0.437. The summed E-state index contributed by atoms with van der Waals surface area (Å²) in [7, 11) is 1.49. The summed E-state index contributed by atoms with van der Waals surface area (Å²) in [5.41, 5.74) is 0.666. The van der Waals surface area contributed by atoms with Gasteiger partial charge in [0.2, 0.25) is 0 Å². The number of aromatic nitrogens is 2. The summed E-state index contributed by atoms with van der Waals surface area (Å²) in [6, 6.07) is 8.82. The normalized spacial score (nSPS) is 17.3. The van der Waals surface area contributed by atoms with Crippen LogP contribution in [0.5, 0.6) is 0 Å². The monoisotopic (exact) mass is 338 g/mol. The fraction of sp³-hybridized carbons (Fsp3) is 0.421. The van der Waals surface area contributed by atoms with Gasteiger partial charge in [-0.3, -0.25) is 13.9 Å². The average Bonchev–Trinajstić information content (AvgIpc) is 2.62. The van der Waals surface area contributed by atoms with E-state index in [1.54, 1.807) is 16.7 Å². The molecule has 0 bridgehead atoms. The van der Waals surface area contributed by atoms with Crippen molar-refractivity contribution < 1.29 is 0 Å². The number of hydrogen-bond donors (Lipinski definition) is 0. The Morgan fingerprint density at radius 2 is 2.04 bits per heavy atom. The summed E-state index contributed by atoms with van der Waals surface area (Å²) < 4.78 is 2.74. The van der Waals surface area contributed by atoms with Crippen LogP contribution in [0.3, 0.4) is 0 Å². The third kappa shape index (κ3) is 3.36. The number of benzene rings is 1. The molecular weight excluding hydrogens is 316 g/mol. The van der Waals surface area contributed by atoms with Crippen LogP contribution in [0.1, 0.15) is 25.3 Å². The van der Waals surface area contributed by atoms with E-state index in [0.717, 1.165) is 36.1 Å². The van der Waals surface area contributed by atoms with Gasteiger partial charge in [0.15, 0.2) is 5.69 Å². The highest BCUT2D eigenvalue weighted by Gasteiger charge is 2.21. The zero-order valence-electron chi connectivity index (χ0n) is 14.6. The Kier molecular flexibility index (Phi) is 4.75. The van der Waals surface area contributed by atoms with Gasteiger partial charge in [0, 0.05) is 32.7 Å². The molecule has 1 aliphatic rings. The number of hydrogen-bond acceptors (Lipinski definition) is 3. The van der Waals surface area contributed by atoms with E-state index in [4.69, 9.17) is 6.57 Å². The first-order valence-electron chi connectivity index (χ1n) is 8.52. The maximum Gasteiger partial charge on any atom is 0.332 e. The van der Waals surface area contributed by atoms with Gasteiger partial charge in [-0.05, 0) is 24.3 Å². The van der Waals surface area contributed by atoms with Crippen molar-refractivity contribution in [3.8, 4) is 0 Å². The maximum absolute atomic E-state index is 12.8. The van der Waals surface area contributed by atoms with Gasteiger partial charge in [-0.15, -0.1) is 0 Å². The molecule has 0 radical (unpaired) electrons. The molecule has 25 heavy (non-hydrogen) atoms. The molecule has 1 aromatic carbocycles. The third-order valence-corrected chi connectivity index (χ3v) is 4.80. The second-order valence-electron chi connectivity index (χ2n) is 6.70. The second-order valence-corrected chi connectivity index (χ2v) is 6.70. The van der Waals surface area contributed by atoms with Gasteiger partial charge in [-0.2, -0.15) is 0 Å². The molecule has 1 saturated heterocycles. The molecule has 0 unspecified atom stereocenters. The largest absolute Gasteiger partial charge is 0.357 e. The predicted octanol–water partition coefficient (Wildman–Crippen LogP) is 2.38. The van der Waals surface area contributed by atoms with E-state index in [2.05, 4.69) is 16.7 Å². The van der Waals surface area contributed by atoms with E-state index >= 15 is 0 Å². The summed E-state index contributed by atoms with van der Waals surface area (Å²) >= 11 is 0. The zero-order valence-corrected chi connectivity index (χ0v) is 14.6. The molecule has 0 aliphatic carbocycles. The Bertz CT molecular complexity index is 936. The fourth-order valence-electron chi connectivity index (χ4n) is 3.39. The lowest BCUT2D eigenvalue weighted by Gasteiger charge is -2.34. The molecule has 6 nitrogen and oxygen atoms in total. The molecule has 6 heteroatoms. The number of nitrogens with zero attached hydrogens (tertiary/aromatic N) is 4. The molecule has 3 rings (SSSR count). The Morgan fingerprint density at radius 1 is 1.28 bits per heavy atom. The standard InChI is InChI=1S/C19H22N4O2/c1-14-7-6-10-22(12-14)17-11-18(24)21(3)19(25)23(17)13-15-8-4-5-9-16(15)20-2/h4-5,8-9,11,14H,6-7,10,12-13H2,1,3H3/t14-/m1/s1. The minimum absolute atomic E-state index is 0.283. The fourth-order valence-corrected chi connectivity index (χ4v) is 3.39. The Balaban J connectivity index is 2.11. The maximum atomic E-state index is 12.8. The number of piperidine rings is 1. The van der Waals surface area contributed by atoms with Crippen molar-refractivity contribution in [2.24, 2.45) is 13.0 Å². The SMILES string of the molecule is [C-]#[N+]c1ccccc1Cn1c(N2CCC[C@@H](C)C2)cc(=O)n(C)c1=O. The van der Waals surface area contributed by atoms with E-state index in [1.165, 1.54) is 7.05 Å². The van der Waals surface area contributed by atoms with Crippen LogP contribution in [0, 0.1) is 12.5 Å². The minimum Gasteiger partial charge on any atom is -0.357 e. The smallest absolute Gasteiger partial charge is 0.332 e. The van der Waals surface area contributed by atoms with Gasteiger partial charge < -0.3 is 4.90 Å². The van der Waals surface area contributed by atoms with Gasteiger partial charge in [0.05, 0.1) is 6.57 Å². The van der Waals surface area contributed by atoms with E-state index in [-0.39, 0.29) is 17.8 Å². The van der Waals surface area contributed by atoms with E-state index in [1.807, 2.05) is 18.2 Å². The second kappa shape index (κ2) is 6.98. The lowest BCUT2D eigenvalue weighted by Crippen LogP contribution is -2.44. The Labute approximate surface area is 146 Å². The van der Waals surface area contributed by atoms with Crippen molar-refractivity contribution in [1.29, 1.82) is 0 Å². The van der Waals surface area contributed by atoms with Crippen LogP contribution < -0.4 is 16.1 Å². The first kappa shape index (κ1) is 17.0. The van der Waals surface area contributed by atoms with Crippen molar-refractivity contribution in [2.75, 3.05) is 18.0 Å². The number of rotatable bonds is 3. The van der Waals surface area contributed by atoms with E-state index in [0.29, 0.717) is 17.4 Å². The molecule has 1 fully saturated rings. The van der Waals surface area contributed by atoms with Crippen molar-refractivity contribution >= 4 is 11.5 Å². The molecule has 2 heterocycles. The third-order valence-electron chi connectivity index (χ3n) is 4.80. The quantitative estimate of drug-likeness (QED) is 0.808. The first-order valence-corrected chi connectivity index (χ1v) is 8.52. The molecule has 1 atom stereocenters. The van der Waals surface area contributed by atoms with Crippen LogP contribution in [0.25, 0.3) is 4.85 Å².